The predicted octanol–water partition coefficient (Wildman–Crippen LogP) is 1.99. The van der Waals surface area contributed by atoms with E-state index in [2.05, 4.69) is 4.98 Å². The zero-order chi connectivity index (χ0) is 10.3. The SMILES string of the molecule is Cc1cc(Cl)cc2c1nc(CN)n2C. The van der Waals surface area contributed by atoms with Crippen molar-refractivity contribution in [3.05, 3.63) is 28.5 Å². The van der Waals surface area contributed by atoms with Crippen LogP contribution in [0.3, 0.4) is 0 Å². The average molecular weight is 210 g/mol. The van der Waals surface area contributed by atoms with Crippen molar-refractivity contribution in [3.63, 3.8) is 0 Å². The van der Waals surface area contributed by atoms with Crippen molar-refractivity contribution in [1.29, 1.82) is 0 Å². The molecule has 0 radical (unpaired) electrons. The number of aryl methyl sites for hydroxylation is 2. The quantitative estimate of drug-likeness (QED) is 0.781. The summed E-state index contributed by atoms with van der Waals surface area (Å²) in [6, 6.07) is 3.83. The van der Waals surface area contributed by atoms with Crippen LogP contribution in [0, 0.1) is 6.92 Å². The van der Waals surface area contributed by atoms with E-state index in [-0.39, 0.29) is 0 Å². The summed E-state index contributed by atoms with van der Waals surface area (Å²) in [4.78, 5) is 4.45. The van der Waals surface area contributed by atoms with E-state index in [0.29, 0.717) is 6.54 Å². The fourth-order valence-electron chi connectivity index (χ4n) is 1.64. The number of hydrogen-bond acceptors (Lipinski definition) is 2. The van der Waals surface area contributed by atoms with E-state index in [4.69, 9.17) is 17.3 Å². The van der Waals surface area contributed by atoms with Gasteiger partial charge in [-0.05, 0) is 24.6 Å². The summed E-state index contributed by atoms with van der Waals surface area (Å²) in [6.45, 7) is 2.45. The fourth-order valence-corrected chi connectivity index (χ4v) is 1.91. The van der Waals surface area contributed by atoms with Crippen LogP contribution in [0.1, 0.15) is 11.4 Å². The molecule has 2 N–H and O–H groups in total. The molecular weight excluding hydrogens is 198 g/mol. The first-order valence-corrected chi connectivity index (χ1v) is 4.83. The summed E-state index contributed by atoms with van der Waals surface area (Å²) < 4.78 is 1.98. The van der Waals surface area contributed by atoms with Crippen molar-refractivity contribution in [3.8, 4) is 0 Å². The molecule has 2 aromatic rings. The van der Waals surface area contributed by atoms with E-state index in [9.17, 15) is 0 Å². The standard InChI is InChI=1S/C10H12ClN3/c1-6-3-7(11)4-8-10(6)13-9(5-12)14(8)2/h3-4H,5,12H2,1-2H3. The minimum Gasteiger partial charge on any atom is -0.330 e. The number of nitrogens with zero attached hydrogens (tertiary/aromatic N) is 2. The Balaban J connectivity index is 2.85. The van der Waals surface area contributed by atoms with Crippen molar-refractivity contribution in [2.75, 3.05) is 0 Å². The van der Waals surface area contributed by atoms with Gasteiger partial charge in [-0.3, -0.25) is 0 Å². The Bertz CT molecular complexity index is 488. The van der Waals surface area contributed by atoms with Crippen molar-refractivity contribution >= 4 is 22.6 Å². The van der Waals surface area contributed by atoms with Crippen molar-refractivity contribution in [2.45, 2.75) is 13.5 Å². The first-order valence-electron chi connectivity index (χ1n) is 4.45. The molecule has 0 fully saturated rings. The molecule has 1 aromatic heterocycles. The molecule has 0 saturated heterocycles. The van der Waals surface area contributed by atoms with Gasteiger partial charge in [0, 0.05) is 12.1 Å². The summed E-state index contributed by atoms with van der Waals surface area (Å²) in [6.07, 6.45) is 0. The predicted molar refractivity (Wildman–Crippen MR) is 58.4 cm³/mol. The van der Waals surface area contributed by atoms with Gasteiger partial charge in [0.2, 0.25) is 0 Å². The van der Waals surface area contributed by atoms with E-state index in [1.807, 2.05) is 30.7 Å². The van der Waals surface area contributed by atoms with Gasteiger partial charge in [-0.1, -0.05) is 11.6 Å². The van der Waals surface area contributed by atoms with E-state index >= 15 is 0 Å². The smallest absolute Gasteiger partial charge is 0.123 e. The maximum Gasteiger partial charge on any atom is 0.123 e. The van der Waals surface area contributed by atoms with Crippen molar-refractivity contribution < 1.29 is 0 Å². The molecular formula is C10H12ClN3. The molecule has 0 unspecified atom stereocenters. The Morgan fingerprint density at radius 3 is 2.86 bits per heavy atom. The number of benzene rings is 1. The van der Waals surface area contributed by atoms with Crippen LogP contribution in [-0.2, 0) is 13.6 Å². The number of rotatable bonds is 1. The fraction of sp³-hybridized carbons (Fsp3) is 0.300. The molecule has 0 saturated carbocycles. The van der Waals surface area contributed by atoms with E-state index in [1.165, 1.54) is 0 Å². The van der Waals surface area contributed by atoms with Gasteiger partial charge in [0.05, 0.1) is 17.6 Å². The van der Waals surface area contributed by atoms with Crippen LogP contribution in [0.15, 0.2) is 12.1 Å². The molecule has 14 heavy (non-hydrogen) atoms. The average Bonchev–Trinajstić information content (AvgIpc) is 2.44. The highest BCUT2D eigenvalue weighted by molar-refractivity contribution is 6.31. The second-order valence-corrected chi connectivity index (χ2v) is 3.82. The van der Waals surface area contributed by atoms with Gasteiger partial charge in [-0.2, -0.15) is 0 Å². The molecule has 74 valence electrons. The lowest BCUT2D eigenvalue weighted by atomic mass is 10.2. The summed E-state index contributed by atoms with van der Waals surface area (Å²) in [5, 5.41) is 0.738. The first-order chi connectivity index (χ1) is 6.63. The first kappa shape index (κ1) is 9.49. The Kier molecular flexibility index (Phi) is 2.21. The van der Waals surface area contributed by atoms with Gasteiger partial charge in [-0.15, -0.1) is 0 Å². The maximum absolute atomic E-state index is 5.98. The molecule has 3 nitrogen and oxygen atoms in total. The highest BCUT2D eigenvalue weighted by Crippen LogP contribution is 2.23. The summed E-state index contributed by atoms with van der Waals surface area (Å²) in [5.41, 5.74) is 8.69. The molecule has 0 atom stereocenters. The minimum atomic E-state index is 0.447. The number of halogens is 1. The number of fused-ring (bicyclic) bond motifs is 1. The number of aromatic nitrogens is 2. The lowest BCUT2D eigenvalue weighted by Gasteiger charge is -1.99. The second kappa shape index (κ2) is 3.26. The Labute approximate surface area is 87.5 Å². The molecule has 0 amide bonds. The van der Waals surface area contributed by atoms with Gasteiger partial charge in [0.25, 0.3) is 0 Å². The van der Waals surface area contributed by atoms with E-state index < -0.39 is 0 Å². The zero-order valence-corrected chi connectivity index (χ0v) is 8.97. The molecule has 0 aliphatic heterocycles. The zero-order valence-electron chi connectivity index (χ0n) is 8.21. The highest BCUT2D eigenvalue weighted by atomic mass is 35.5. The highest BCUT2D eigenvalue weighted by Gasteiger charge is 2.08. The topological polar surface area (TPSA) is 43.8 Å². The van der Waals surface area contributed by atoms with Gasteiger partial charge < -0.3 is 10.3 Å². The summed E-state index contributed by atoms with van der Waals surface area (Å²) >= 11 is 5.98. The Morgan fingerprint density at radius 2 is 2.21 bits per heavy atom. The maximum atomic E-state index is 5.98. The van der Waals surface area contributed by atoms with Crippen molar-refractivity contribution in [1.82, 2.24) is 9.55 Å². The summed E-state index contributed by atoms with van der Waals surface area (Å²) in [5.74, 6) is 0.880. The third-order valence-electron chi connectivity index (χ3n) is 2.42. The van der Waals surface area contributed by atoms with Crippen LogP contribution in [0.2, 0.25) is 5.02 Å². The molecule has 2 rings (SSSR count). The molecule has 0 bridgehead atoms. The van der Waals surface area contributed by atoms with Crippen LogP contribution in [-0.4, -0.2) is 9.55 Å². The second-order valence-electron chi connectivity index (χ2n) is 3.38. The van der Waals surface area contributed by atoms with Gasteiger partial charge >= 0.3 is 0 Å². The Morgan fingerprint density at radius 1 is 1.50 bits per heavy atom. The minimum absolute atomic E-state index is 0.447. The molecule has 0 aliphatic rings. The van der Waals surface area contributed by atoms with E-state index in [1.54, 1.807) is 0 Å². The van der Waals surface area contributed by atoms with Crippen molar-refractivity contribution in [2.24, 2.45) is 12.8 Å². The third-order valence-corrected chi connectivity index (χ3v) is 2.64. The van der Waals surface area contributed by atoms with Gasteiger partial charge in [-0.25, -0.2) is 4.98 Å². The molecule has 1 heterocycles. The lowest BCUT2D eigenvalue weighted by Crippen LogP contribution is -2.04. The molecule has 0 aliphatic carbocycles. The van der Waals surface area contributed by atoms with Crippen LogP contribution in [0.4, 0.5) is 0 Å². The van der Waals surface area contributed by atoms with Crippen LogP contribution in [0.5, 0.6) is 0 Å². The normalized spacial score (nSPS) is 11.1. The molecule has 0 spiro atoms. The van der Waals surface area contributed by atoms with Crippen LogP contribution < -0.4 is 5.73 Å². The Hall–Kier alpha value is -1.06. The van der Waals surface area contributed by atoms with Crippen LogP contribution >= 0.6 is 11.6 Å². The molecule has 4 heteroatoms. The number of imidazole rings is 1. The largest absolute Gasteiger partial charge is 0.330 e. The number of hydrogen-bond donors (Lipinski definition) is 1. The van der Waals surface area contributed by atoms with Crippen LogP contribution in [0.25, 0.3) is 11.0 Å². The van der Waals surface area contributed by atoms with Gasteiger partial charge in [0.15, 0.2) is 0 Å². The van der Waals surface area contributed by atoms with Gasteiger partial charge in [0.1, 0.15) is 5.82 Å². The monoisotopic (exact) mass is 209 g/mol. The third kappa shape index (κ3) is 1.29. The molecule has 1 aromatic carbocycles. The summed E-state index contributed by atoms with van der Waals surface area (Å²) in [7, 11) is 1.95. The van der Waals surface area contributed by atoms with E-state index in [0.717, 1.165) is 27.4 Å². The number of nitrogens with two attached hydrogens (primary N) is 1. The lowest BCUT2D eigenvalue weighted by molar-refractivity contribution is 0.813.